The fourth-order valence-electron chi connectivity index (χ4n) is 3.76. The minimum Gasteiger partial charge on any atom is -0.373 e. The van der Waals surface area contributed by atoms with E-state index in [0.717, 1.165) is 17.4 Å². The Morgan fingerprint density at radius 3 is 2.14 bits per heavy atom. The normalized spacial score (nSPS) is 30.2. The summed E-state index contributed by atoms with van der Waals surface area (Å²) in [7, 11) is 0. The highest BCUT2D eigenvalue weighted by Gasteiger charge is 2.63. The maximum Gasteiger partial charge on any atom is 0.191 e. The SMILES string of the molecule is CC1(C)O[C@H]2O[C@](C=O)(COCc3ccccc3)[C@@H](OCc3ccccc3)[C@H]2O1. The number of fused-ring (bicyclic) bond motifs is 1. The first-order valence-corrected chi connectivity index (χ1v) is 9.78. The molecule has 6 heteroatoms. The zero-order valence-corrected chi connectivity index (χ0v) is 16.7. The van der Waals surface area contributed by atoms with Gasteiger partial charge >= 0.3 is 0 Å². The van der Waals surface area contributed by atoms with Gasteiger partial charge in [0, 0.05) is 0 Å². The van der Waals surface area contributed by atoms with Crippen molar-refractivity contribution in [1.82, 2.24) is 0 Å². The Morgan fingerprint density at radius 1 is 0.897 bits per heavy atom. The Morgan fingerprint density at radius 2 is 1.52 bits per heavy atom. The maximum absolute atomic E-state index is 12.2. The first-order chi connectivity index (χ1) is 14.0. The standard InChI is InChI=1S/C23H26O6/c1-22(2)27-19-20(26-14-18-11-7-4-8-12-18)23(15-24,29-21(19)28-22)16-25-13-17-9-5-3-6-10-17/h3-12,15,19-21H,13-14,16H2,1-2H3/t19-,20+,21+,23-/m1/s1. The summed E-state index contributed by atoms with van der Waals surface area (Å²) in [4.78, 5) is 12.2. The summed E-state index contributed by atoms with van der Waals surface area (Å²) in [5.74, 6) is -0.802. The van der Waals surface area contributed by atoms with E-state index in [-0.39, 0.29) is 6.61 Å². The molecule has 2 aliphatic heterocycles. The van der Waals surface area contributed by atoms with Gasteiger partial charge in [-0.3, -0.25) is 4.79 Å². The minimum atomic E-state index is -1.30. The van der Waals surface area contributed by atoms with Crippen molar-refractivity contribution in [2.75, 3.05) is 6.61 Å². The molecule has 0 N–H and O–H groups in total. The van der Waals surface area contributed by atoms with Crippen LogP contribution in [0.4, 0.5) is 0 Å². The van der Waals surface area contributed by atoms with E-state index in [2.05, 4.69) is 0 Å². The summed E-state index contributed by atoms with van der Waals surface area (Å²) in [6.07, 6.45) is -1.09. The van der Waals surface area contributed by atoms with E-state index in [1.165, 1.54) is 0 Å². The molecule has 29 heavy (non-hydrogen) atoms. The molecule has 154 valence electrons. The van der Waals surface area contributed by atoms with Gasteiger partial charge in [0.05, 0.1) is 19.8 Å². The second kappa shape index (κ2) is 8.34. The summed E-state index contributed by atoms with van der Waals surface area (Å²) in [5.41, 5.74) is 0.719. The Labute approximate surface area is 170 Å². The number of hydrogen-bond acceptors (Lipinski definition) is 6. The molecule has 2 saturated heterocycles. The second-order valence-corrected chi connectivity index (χ2v) is 7.85. The Balaban J connectivity index is 1.49. The third-order valence-electron chi connectivity index (χ3n) is 5.11. The van der Waals surface area contributed by atoms with Crippen LogP contribution >= 0.6 is 0 Å². The molecule has 2 heterocycles. The van der Waals surface area contributed by atoms with Gasteiger partial charge in [0.2, 0.25) is 0 Å². The molecular weight excluding hydrogens is 372 g/mol. The summed E-state index contributed by atoms with van der Waals surface area (Å²) in [6, 6.07) is 19.5. The lowest BCUT2D eigenvalue weighted by molar-refractivity contribution is -0.246. The number of carbonyl (C=O) groups is 1. The largest absolute Gasteiger partial charge is 0.373 e. The summed E-state index contributed by atoms with van der Waals surface area (Å²) < 4.78 is 29.9. The van der Waals surface area contributed by atoms with E-state index in [9.17, 15) is 4.79 Å². The van der Waals surface area contributed by atoms with Crippen LogP contribution < -0.4 is 0 Å². The van der Waals surface area contributed by atoms with Crippen molar-refractivity contribution < 1.29 is 28.5 Å². The molecule has 0 radical (unpaired) electrons. The van der Waals surface area contributed by atoms with Crippen LogP contribution in [0.3, 0.4) is 0 Å². The Hall–Kier alpha value is -2.09. The van der Waals surface area contributed by atoms with E-state index in [1.807, 2.05) is 74.5 Å². The number of hydrogen-bond donors (Lipinski definition) is 0. The molecule has 4 rings (SSSR count). The highest BCUT2D eigenvalue weighted by molar-refractivity contribution is 5.65. The summed E-state index contributed by atoms with van der Waals surface area (Å²) in [5, 5.41) is 0. The monoisotopic (exact) mass is 398 g/mol. The summed E-state index contributed by atoms with van der Waals surface area (Å²) in [6.45, 7) is 4.38. The van der Waals surface area contributed by atoms with E-state index >= 15 is 0 Å². The Kier molecular flexibility index (Phi) is 5.81. The van der Waals surface area contributed by atoms with Crippen LogP contribution in [0.5, 0.6) is 0 Å². The molecule has 2 aromatic rings. The van der Waals surface area contributed by atoms with Crippen LogP contribution in [-0.4, -0.2) is 42.8 Å². The number of benzene rings is 2. The minimum absolute atomic E-state index is 0.0466. The first-order valence-electron chi connectivity index (χ1n) is 9.78. The number of carbonyl (C=O) groups excluding carboxylic acids is 1. The van der Waals surface area contributed by atoms with Crippen LogP contribution in [0.1, 0.15) is 25.0 Å². The molecule has 0 bridgehead atoms. The molecule has 2 aromatic carbocycles. The van der Waals surface area contributed by atoms with Crippen molar-refractivity contribution in [1.29, 1.82) is 0 Å². The lowest BCUT2D eigenvalue weighted by Crippen LogP contribution is -2.51. The van der Waals surface area contributed by atoms with Gasteiger partial charge in [0.1, 0.15) is 12.2 Å². The molecular formula is C23H26O6. The van der Waals surface area contributed by atoms with Gasteiger partial charge in [-0.15, -0.1) is 0 Å². The smallest absolute Gasteiger partial charge is 0.191 e. The van der Waals surface area contributed by atoms with Crippen LogP contribution in [0.15, 0.2) is 60.7 Å². The molecule has 0 unspecified atom stereocenters. The third-order valence-corrected chi connectivity index (χ3v) is 5.11. The molecule has 2 fully saturated rings. The molecule has 0 aromatic heterocycles. The van der Waals surface area contributed by atoms with E-state index in [0.29, 0.717) is 13.2 Å². The van der Waals surface area contributed by atoms with Gasteiger partial charge in [0.25, 0.3) is 0 Å². The van der Waals surface area contributed by atoms with Crippen LogP contribution in [0.2, 0.25) is 0 Å². The van der Waals surface area contributed by atoms with Gasteiger partial charge in [-0.25, -0.2) is 0 Å². The van der Waals surface area contributed by atoms with Gasteiger partial charge in [0.15, 0.2) is 24.0 Å². The van der Waals surface area contributed by atoms with Crippen LogP contribution in [-0.2, 0) is 41.7 Å². The Bertz CT molecular complexity index is 809. The highest BCUT2D eigenvalue weighted by Crippen LogP contribution is 2.43. The lowest BCUT2D eigenvalue weighted by atomic mass is 9.97. The quantitative estimate of drug-likeness (QED) is 0.636. The van der Waals surface area contributed by atoms with Gasteiger partial charge in [-0.1, -0.05) is 60.7 Å². The van der Waals surface area contributed by atoms with Crippen molar-refractivity contribution in [3.8, 4) is 0 Å². The van der Waals surface area contributed by atoms with Gasteiger partial charge in [-0.05, 0) is 25.0 Å². The first kappa shape index (κ1) is 20.2. The maximum atomic E-state index is 12.2. The van der Waals surface area contributed by atoms with E-state index in [4.69, 9.17) is 23.7 Å². The molecule has 0 saturated carbocycles. The van der Waals surface area contributed by atoms with Crippen molar-refractivity contribution in [2.45, 2.75) is 56.9 Å². The van der Waals surface area contributed by atoms with E-state index < -0.39 is 29.9 Å². The molecule has 0 spiro atoms. The summed E-state index contributed by atoms with van der Waals surface area (Å²) >= 11 is 0. The van der Waals surface area contributed by atoms with Gasteiger partial charge < -0.3 is 23.7 Å². The van der Waals surface area contributed by atoms with Crippen molar-refractivity contribution in [2.24, 2.45) is 0 Å². The molecule has 6 nitrogen and oxygen atoms in total. The lowest BCUT2D eigenvalue weighted by Gasteiger charge is -2.32. The second-order valence-electron chi connectivity index (χ2n) is 7.85. The zero-order chi connectivity index (χ0) is 20.3. The van der Waals surface area contributed by atoms with Crippen LogP contribution in [0.25, 0.3) is 0 Å². The molecule has 0 aliphatic carbocycles. The molecule has 2 aliphatic rings. The predicted octanol–water partition coefficient (Wildman–Crippen LogP) is 3.23. The van der Waals surface area contributed by atoms with E-state index in [1.54, 1.807) is 0 Å². The zero-order valence-electron chi connectivity index (χ0n) is 16.7. The fraction of sp³-hybridized carbons (Fsp3) is 0.435. The highest BCUT2D eigenvalue weighted by atomic mass is 16.8. The van der Waals surface area contributed by atoms with Crippen molar-refractivity contribution in [3.63, 3.8) is 0 Å². The third kappa shape index (κ3) is 4.42. The van der Waals surface area contributed by atoms with Gasteiger partial charge in [-0.2, -0.15) is 0 Å². The molecule has 0 amide bonds. The fourth-order valence-corrected chi connectivity index (χ4v) is 3.76. The average molecular weight is 398 g/mol. The number of aldehydes is 1. The number of rotatable bonds is 8. The topological polar surface area (TPSA) is 63.2 Å². The molecule has 4 atom stereocenters. The van der Waals surface area contributed by atoms with Crippen LogP contribution in [0, 0.1) is 0 Å². The van der Waals surface area contributed by atoms with Crippen molar-refractivity contribution >= 4 is 6.29 Å². The average Bonchev–Trinajstić information content (AvgIpc) is 3.17. The number of ether oxygens (including phenoxy) is 5. The van der Waals surface area contributed by atoms with Crippen molar-refractivity contribution in [3.05, 3.63) is 71.8 Å². The predicted molar refractivity (Wildman–Crippen MR) is 105 cm³/mol.